The molecule has 0 bridgehead atoms. The van der Waals surface area contributed by atoms with Gasteiger partial charge in [-0.25, -0.2) is 5.43 Å². The zero-order valence-electron chi connectivity index (χ0n) is 18.0. The fourth-order valence-corrected chi connectivity index (χ4v) is 3.09. The minimum absolute atomic E-state index is 0.0223. The van der Waals surface area contributed by atoms with Crippen molar-refractivity contribution in [3.8, 4) is 17.2 Å². The highest BCUT2D eigenvalue weighted by Gasteiger charge is 2.17. The van der Waals surface area contributed by atoms with E-state index in [0.717, 1.165) is 24.4 Å². The lowest BCUT2D eigenvalue weighted by Crippen LogP contribution is -2.32. The molecule has 0 aliphatic carbocycles. The second kappa shape index (κ2) is 10.2. The lowest BCUT2D eigenvalue weighted by Gasteiger charge is -2.09. The summed E-state index contributed by atoms with van der Waals surface area (Å²) in [4.78, 5) is 35.9. The first kappa shape index (κ1) is 23.0. The molecular weight excluding hydrogens is 456 g/mol. The smallest absolute Gasteiger partial charge is 0.287 e. The molecular formula is C24H18N4O7. The Morgan fingerprint density at radius 2 is 1.80 bits per heavy atom. The standard InChI is InChI=1S/C24H18N4O7/c29-20-8-7-18(28(32)33)12-17(20)13-25-27-24(31)19(26-23(30)16-4-2-1-3-5-16)10-15-6-9-21-22(11-15)35-14-34-21/h1-13,29H,14H2,(H,26,30)(H,27,31)/b19-10-,25-13-. The average molecular weight is 474 g/mol. The first-order valence-electron chi connectivity index (χ1n) is 10.2. The van der Waals surface area contributed by atoms with Gasteiger partial charge in [-0.3, -0.25) is 19.7 Å². The highest BCUT2D eigenvalue weighted by Crippen LogP contribution is 2.33. The van der Waals surface area contributed by atoms with E-state index >= 15 is 0 Å². The van der Waals surface area contributed by atoms with Gasteiger partial charge in [0.1, 0.15) is 11.4 Å². The van der Waals surface area contributed by atoms with Crippen molar-refractivity contribution in [2.45, 2.75) is 0 Å². The normalized spacial score (nSPS) is 12.4. The fourth-order valence-electron chi connectivity index (χ4n) is 3.09. The lowest BCUT2D eigenvalue weighted by molar-refractivity contribution is -0.384. The molecule has 1 heterocycles. The molecule has 3 aromatic rings. The van der Waals surface area contributed by atoms with E-state index in [4.69, 9.17) is 9.47 Å². The maximum atomic E-state index is 12.9. The Morgan fingerprint density at radius 3 is 2.57 bits per heavy atom. The molecule has 4 rings (SSSR count). The predicted molar refractivity (Wildman–Crippen MR) is 125 cm³/mol. The molecule has 2 amide bonds. The zero-order valence-corrected chi connectivity index (χ0v) is 18.0. The summed E-state index contributed by atoms with van der Waals surface area (Å²) in [5, 5.41) is 27.2. The number of phenolic OH excluding ortho intramolecular Hbond substituents is 1. The number of carbonyl (C=O) groups is 2. The number of nitro benzene ring substituents is 1. The Morgan fingerprint density at radius 1 is 1.03 bits per heavy atom. The molecule has 0 fully saturated rings. The Bertz CT molecular complexity index is 1350. The summed E-state index contributed by atoms with van der Waals surface area (Å²) in [6, 6.07) is 16.7. The van der Waals surface area contributed by atoms with Crippen LogP contribution in [0.15, 0.2) is 77.5 Å². The Labute approximate surface area is 198 Å². The van der Waals surface area contributed by atoms with E-state index < -0.39 is 16.7 Å². The number of rotatable bonds is 7. The SMILES string of the molecule is O=C(N/N=C\c1cc([N+](=O)[O-])ccc1O)/C(=C/c1ccc2c(c1)OCO2)NC(=O)c1ccccc1. The van der Waals surface area contributed by atoms with E-state index in [0.29, 0.717) is 22.6 Å². The van der Waals surface area contributed by atoms with Gasteiger partial charge in [0.15, 0.2) is 11.5 Å². The van der Waals surface area contributed by atoms with E-state index in [9.17, 15) is 24.8 Å². The number of non-ortho nitro benzene ring substituents is 1. The van der Waals surface area contributed by atoms with Gasteiger partial charge in [0.25, 0.3) is 17.5 Å². The molecule has 0 radical (unpaired) electrons. The number of nitro groups is 1. The lowest BCUT2D eigenvalue weighted by atomic mass is 10.1. The van der Waals surface area contributed by atoms with Gasteiger partial charge < -0.3 is 19.9 Å². The fraction of sp³-hybridized carbons (Fsp3) is 0.0417. The van der Waals surface area contributed by atoms with Crippen molar-refractivity contribution in [1.29, 1.82) is 0 Å². The highest BCUT2D eigenvalue weighted by molar-refractivity contribution is 6.05. The minimum atomic E-state index is -0.770. The zero-order chi connectivity index (χ0) is 24.8. The van der Waals surface area contributed by atoms with Crippen molar-refractivity contribution in [2.75, 3.05) is 6.79 Å². The topological polar surface area (TPSA) is 152 Å². The Hall–Kier alpha value is -5.19. The van der Waals surface area contributed by atoms with Crippen molar-refractivity contribution < 1.29 is 29.1 Å². The first-order valence-corrected chi connectivity index (χ1v) is 10.2. The van der Waals surface area contributed by atoms with E-state index in [2.05, 4.69) is 15.8 Å². The Balaban J connectivity index is 1.57. The second-order valence-corrected chi connectivity index (χ2v) is 7.19. The van der Waals surface area contributed by atoms with Gasteiger partial charge >= 0.3 is 0 Å². The van der Waals surface area contributed by atoms with Crippen molar-refractivity contribution in [2.24, 2.45) is 5.10 Å². The van der Waals surface area contributed by atoms with Gasteiger partial charge in [0, 0.05) is 23.3 Å². The van der Waals surface area contributed by atoms with Crippen molar-refractivity contribution in [1.82, 2.24) is 10.7 Å². The summed E-state index contributed by atoms with van der Waals surface area (Å²) < 4.78 is 10.6. The maximum absolute atomic E-state index is 12.9. The molecule has 0 saturated carbocycles. The summed E-state index contributed by atoms with van der Waals surface area (Å²) in [6.45, 7) is 0.0831. The molecule has 0 spiro atoms. The third-order valence-corrected chi connectivity index (χ3v) is 4.83. The Kier molecular flexibility index (Phi) is 6.68. The summed E-state index contributed by atoms with van der Waals surface area (Å²) in [5.74, 6) is -0.502. The van der Waals surface area contributed by atoms with Crippen LogP contribution in [0.5, 0.6) is 17.2 Å². The van der Waals surface area contributed by atoms with Crippen LogP contribution in [-0.2, 0) is 4.79 Å². The van der Waals surface area contributed by atoms with Crippen LogP contribution < -0.4 is 20.2 Å². The number of fused-ring (bicyclic) bond motifs is 1. The third kappa shape index (κ3) is 5.60. The third-order valence-electron chi connectivity index (χ3n) is 4.83. The number of aromatic hydroxyl groups is 1. The van der Waals surface area contributed by atoms with Gasteiger partial charge in [-0.2, -0.15) is 5.10 Å². The number of carbonyl (C=O) groups excluding carboxylic acids is 2. The number of nitrogens with one attached hydrogen (secondary N) is 2. The van der Waals surface area contributed by atoms with Gasteiger partial charge in [-0.15, -0.1) is 0 Å². The number of amides is 2. The molecule has 0 unspecified atom stereocenters. The highest BCUT2D eigenvalue weighted by atomic mass is 16.7. The van der Waals surface area contributed by atoms with Crippen LogP contribution in [0.25, 0.3) is 6.08 Å². The molecule has 0 atom stereocenters. The van der Waals surface area contributed by atoms with Crippen molar-refractivity contribution >= 4 is 29.8 Å². The van der Waals surface area contributed by atoms with Crippen LogP contribution >= 0.6 is 0 Å². The number of ether oxygens (including phenoxy) is 2. The molecule has 1 aliphatic heterocycles. The van der Waals surface area contributed by atoms with Crippen LogP contribution in [0.4, 0.5) is 5.69 Å². The number of nitrogens with zero attached hydrogens (tertiary/aromatic N) is 2. The van der Waals surface area contributed by atoms with E-state index in [1.54, 1.807) is 48.5 Å². The molecule has 3 N–H and O–H groups in total. The number of hydrogen-bond donors (Lipinski definition) is 3. The summed E-state index contributed by atoms with van der Waals surface area (Å²) in [7, 11) is 0. The van der Waals surface area contributed by atoms with Crippen molar-refractivity contribution in [3.63, 3.8) is 0 Å². The van der Waals surface area contributed by atoms with Crippen LogP contribution in [0.1, 0.15) is 21.5 Å². The molecule has 11 heteroatoms. The number of benzene rings is 3. The quantitative estimate of drug-likeness (QED) is 0.206. The summed E-state index contributed by atoms with van der Waals surface area (Å²) in [5.41, 5.74) is 2.77. The van der Waals surface area contributed by atoms with Crippen LogP contribution in [0.3, 0.4) is 0 Å². The molecule has 0 aromatic heterocycles. The average Bonchev–Trinajstić information content (AvgIpc) is 3.33. The van der Waals surface area contributed by atoms with E-state index in [1.165, 1.54) is 6.08 Å². The molecule has 3 aromatic carbocycles. The van der Waals surface area contributed by atoms with E-state index in [-0.39, 0.29) is 29.5 Å². The summed E-state index contributed by atoms with van der Waals surface area (Å²) in [6.07, 6.45) is 2.48. The molecule has 176 valence electrons. The maximum Gasteiger partial charge on any atom is 0.287 e. The molecule has 35 heavy (non-hydrogen) atoms. The van der Waals surface area contributed by atoms with Crippen molar-refractivity contribution in [3.05, 3.63) is 99.2 Å². The molecule has 1 aliphatic rings. The molecule has 0 saturated heterocycles. The summed E-state index contributed by atoms with van der Waals surface area (Å²) >= 11 is 0. The largest absolute Gasteiger partial charge is 0.507 e. The van der Waals surface area contributed by atoms with Gasteiger partial charge in [-0.05, 0) is 42.0 Å². The predicted octanol–water partition coefficient (Wildman–Crippen LogP) is 2.95. The first-order chi connectivity index (χ1) is 16.9. The van der Waals surface area contributed by atoms with Crippen LogP contribution in [-0.4, -0.2) is 34.9 Å². The van der Waals surface area contributed by atoms with Gasteiger partial charge in [-0.1, -0.05) is 24.3 Å². The number of phenols is 1. The van der Waals surface area contributed by atoms with Crippen LogP contribution in [0.2, 0.25) is 0 Å². The number of hydrogen-bond acceptors (Lipinski definition) is 8. The van der Waals surface area contributed by atoms with Gasteiger partial charge in [0.2, 0.25) is 6.79 Å². The number of hydrazone groups is 1. The van der Waals surface area contributed by atoms with Crippen LogP contribution in [0, 0.1) is 10.1 Å². The minimum Gasteiger partial charge on any atom is -0.507 e. The van der Waals surface area contributed by atoms with E-state index in [1.807, 2.05) is 0 Å². The van der Waals surface area contributed by atoms with Gasteiger partial charge in [0.05, 0.1) is 11.1 Å². The monoisotopic (exact) mass is 474 g/mol. The second-order valence-electron chi connectivity index (χ2n) is 7.19. The molecule has 11 nitrogen and oxygen atoms in total.